The Morgan fingerprint density at radius 1 is 1.00 bits per heavy atom. The first kappa shape index (κ1) is 24.2. The summed E-state index contributed by atoms with van der Waals surface area (Å²) in [6, 6.07) is 10.5. The van der Waals surface area contributed by atoms with Gasteiger partial charge in [-0.2, -0.15) is 0 Å². The summed E-state index contributed by atoms with van der Waals surface area (Å²) in [4.78, 5) is 27.6. The molecule has 0 aliphatic carbocycles. The lowest BCUT2D eigenvalue weighted by Gasteiger charge is -2.29. The van der Waals surface area contributed by atoms with Crippen LogP contribution < -0.4 is 5.32 Å². The number of halogens is 2. The van der Waals surface area contributed by atoms with E-state index in [-0.39, 0.29) is 24.8 Å². The average molecular weight is 449 g/mol. The van der Waals surface area contributed by atoms with Crippen LogP contribution in [0.4, 0.5) is 0 Å². The summed E-state index contributed by atoms with van der Waals surface area (Å²) in [5.41, 5.74) is 3.98. The first-order chi connectivity index (χ1) is 14.1. The van der Waals surface area contributed by atoms with Gasteiger partial charge in [-0.25, -0.2) is 0 Å². The molecule has 6 heteroatoms. The molecular formula is C24H30Cl2N2O2. The van der Waals surface area contributed by atoms with E-state index < -0.39 is 6.04 Å². The Balaban J connectivity index is 2.27. The van der Waals surface area contributed by atoms with Gasteiger partial charge in [0, 0.05) is 23.1 Å². The van der Waals surface area contributed by atoms with Gasteiger partial charge in [0.15, 0.2) is 0 Å². The predicted octanol–water partition coefficient (Wildman–Crippen LogP) is 5.34. The van der Waals surface area contributed by atoms with Crippen LogP contribution in [0, 0.1) is 19.8 Å². The molecule has 0 spiro atoms. The molecule has 0 aliphatic rings. The van der Waals surface area contributed by atoms with Gasteiger partial charge in [0.1, 0.15) is 6.04 Å². The lowest BCUT2D eigenvalue weighted by Crippen LogP contribution is -2.48. The molecule has 1 atom stereocenters. The fourth-order valence-corrected chi connectivity index (χ4v) is 3.53. The minimum absolute atomic E-state index is 0.128. The lowest BCUT2D eigenvalue weighted by atomic mass is 10.0. The third kappa shape index (κ3) is 6.75. The summed E-state index contributed by atoms with van der Waals surface area (Å²) in [6.45, 7) is 10.7. The largest absolute Gasteiger partial charge is 0.354 e. The number of hydrogen-bond acceptors (Lipinski definition) is 2. The Labute approximate surface area is 189 Å². The van der Waals surface area contributed by atoms with Gasteiger partial charge in [0.25, 0.3) is 0 Å². The first-order valence-corrected chi connectivity index (χ1v) is 10.9. The van der Waals surface area contributed by atoms with Gasteiger partial charge < -0.3 is 10.2 Å². The number of nitrogens with one attached hydrogen (secondary N) is 1. The molecule has 0 heterocycles. The van der Waals surface area contributed by atoms with Crippen molar-refractivity contribution in [2.75, 3.05) is 6.54 Å². The van der Waals surface area contributed by atoms with Crippen molar-refractivity contribution in [3.05, 3.63) is 68.7 Å². The SMILES string of the molecule is Cc1ccc(CC(=O)N(Cc2ccc(Cl)cc2Cl)[C@H](C)C(=O)NCC(C)C)cc1C. The van der Waals surface area contributed by atoms with Gasteiger partial charge in [-0.15, -0.1) is 0 Å². The Morgan fingerprint density at radius 3 is 2.30 bits per heavy atom. The summed E-state index contributed by atoms with van der Waals surface area (Å²) in [5.74, 6) is 0.0187. The zero-order valence-electron chi connectivity index (χ0n) is 18.3. The maximum Gasteiger partial charge on any atom is 0.242 e. The van der Waals surface area contributed by atoms with Crippen molar-refractivity contribution in [3.8, 4) is 0 Å². The van der Waals surface area contributed by atoms with Gasteiger partial charge in [-0.1, -0.05) is 61.3 Å². The van der Waals surface area contributed by atoms with E-state index in [1.54, 1.807) is 30.0 Å². The van der Waals surface area contributed by atoms with Gasteiger partial charge in [0.05, 0.1) is 6.42 Å². The lowest BCUT2D eigenvalue weighted by molar-refractivity contribution is -0.140. The maximum atomic E-state index is 13.3. The Bertz CT molecular complexity index is 912. The second-order valence-corrected chi connectivity index (χ2v) is 9.01. The molecule has 2 aromatic rings. The molecule has 0 unspecified atom stereocenters. The van der Waals surface area contributed by atoms with E-state index in [9.17, 15) is 9.59 Å². The van der Waals surface area contributed by atoms with Crippen LogP contribution in [0.3, 0.4) is 0 Å². The van der Waals surface area contributed by atoms with Crippen molar-refractivity contribution in [1.29, 1.82) is 0 Å². The van der Waals surface area contributed by atoms with E-state index in [0.29, 0.717) is 22.5 Å². The minimum Gasteiger partial charge on any atom is -0.354 e. The van der Waals surface area contributed by atoms with Crippen LogP contribution in [0.2, 0.25) is 10.0 Å². The molecule has 0 aliphatic heterocycles. The third-order valence-corrected chi connectivity index (χ3v) is 5.72. The van der Waals surface area contributed by atoms with Crippen molar-refractivity contribution >= 4 is 35.0 Å². The van der Waals surface area contributed by atoms with E-state index in [1.807, 2.05) is 45.9 Å². The number of hydrogen-bond donors (Lipinski definition) is 1. The van der Waals surface area contributed by atoms with Crippen LogP contribution >= 0.6 is 23.2 Å². The second-order valence-electron chi connectivity index (χ2n) is 8.17. The quantitative estimate of drug-likeness (QED) is 0.591. The topological polar surface area (TPSA) is 49.4 Å². The molecule has 0 bridgehead atoms. The smallest absolute Gasteiger partial charge is 0.242 e. The molecule has 0 saturated heterocycles. The summed E-state index contributed by atoms with van der Waals surface area (Å²) in [6.07, 6.45) is 0.216. The molecule has 0 aromatic heterocycles. The fourth-order valence-electron chi connectivity index (χ4n) is 3.06. The van der Waals surface area contributed by atoms with E-state index in [1.165, 1.54) is 5.56 Å². The molecule has 4 nitrogen and oxygen atoms in total. The molecule has 0 saturated carbocycles. The normalized spacial score (nSPS) is 12.0. The van der Waals surface area contributed by atoms with Crippen molar-refractivity contribution in [2.45, 2.75) is 53.6 Å². The van der Waals surface area contributed by atoms with Crippen molar-refractivity contribution < 1.29 is 9.59 Å². The Kier molecular flexibility index (Phi) is 8.75. The number of rotatable bonds is 8. The molecule has 2 amide bonds. The Morgan fingerprint density at radius 2 is 1.70 bits per heavy atom. The van der Waals surface area contributed by atoms with Gasteiger partial charge in [-0.05, 0) is 61.1 Å². The number of nitrogens with zero attached hydrogens (tertiary/aromatic N) is 1. The maximum absolute atomic E-state index is 13.3. The zero-order valence-corrected chi connectivity index (χ0v) is 19.8. The summed E-state index contributed by atoms with van der Waals surface area (Å²) < 4.78 is 0. The van der Waals surface area contributed by atoms with Gasteiger partial charge in [0.2, 0.25) is 11.8 Å². The standard InChI is InChI=1S/C24H30Cl2N2O2/c1-15(2)13-27-24(30)18(5)28(14-20-8-9-21(25)12-22(20)26)23(29)11-19-7-6-16(3)17(4)10-19/h6-10,12,15,18H,11,13-14H2,1-5H3,(H,27,30)/t18-/m1/s1. The van der Waals surface area contributed by atoms with Gasteiger partial charge >= 0.3 is 0 Å². The highest BCUT2D eigenvalue weighted by molar-refractivity contribution is 6.35. The number of aryl methyl sites for hydroxylation is 2. The zero-order chi connectivity index (χ0) is 22.4. The van der Waals surface area contributed by atoms with E-state index in [2.05, 4.69) is 5.32 Å². The first-order valence-electron chi connectivity index (χ1n) is 10.2. The summed E-state index contributed by atoms with van der Waals surface area (Å²) in [5, 5.41) is 3.92. The number of benzene rings is 2. The van der Waals surface area contributed by atoms with Crippen molar-refractivity contribution in [2.24, 2.45) is 5.92 Å². The molecule has 2 aromatic carbocycles. The van der Waals surface area contributed by atoms with E-state index in [4.69, 9.17) is 23.2 Å². The van der Waals surface area contributed by atoms with E-state index >= 15 is 0 Å². The molecule has 0 radical (unpaired) electrons. The van der Waals surface area contributed by atoms with Crippen LogP contribution in [-0.2, 0) is 22.6 Å². The van der Waals surface area contributed by atoms with Crippen LogP contribution in [-0.4, -0.2) is 29.3 Å². The van der Waals surface area contributed by atoms with Crippen molar-refractivity contribution in [3.63, 3.8) is 0 Å². The number of carbonyl (C=O) groups is 2. The van der Waals surface area contributed by atoms with Crippen LogP contribution in [0.5, 0.6) is 0 Å². The average Bonchev–Trinajstić information content (AvgIpc) is 2.67. The second kappa shape index (κ2) is 10.8. The highest BCUT2D eigenvalue weighted by Gasteiger charge is 2.27. The summed E-state index contributed by atoms with van der Waals surface area (Å²) >= 11 is 12.3. The van der Waals surface area contributed by atoms with Crippen LogP contribution in [0.1, 0.15) is 43.0 Å². The summed E-state index contributed by atoms with van der Waals surface area (Å²) in [7, 11) is 0. The predicted molar refractivity (Wildman–Crippen MR) is 124 cm³/mol. The molecule has 1 N–H and O–H groups in total. The van der Waals surface area contributed by atoms with Crippen molar-refractivity contribution in [1.82, 2.24) is 10.2 Å². The third-order valence-electron chi connectivity index (χ3n) is 5.13. The van der Waals surface area contributed by atoms with Crippen LogP contribution in [0.15, 0.2) is 36.4 Å². The highest BCUT2D eigenvalue weighted by atomic mass is 35.5. The Hall–Kier alpha value is -2.04. The molecule has 162 valence electrons. The number of amides is 2. The highest BCUT2D eigenvalue weighted by Crippen LogP contribution is 2.24. The van der Waals surface area contributed by atoms with E-state index in [0.717, 1.165) is 16.7 Å². The number of carbonyl (C=O) groups excluding carboxylic acids is 2. The molecule has 30 heavy (non-hydrogen) atoms. The molecule has 2 rings (SSSR count). The molecular weight excluding hydrogens is 419 g/mol. The van der Waals surface area contributed by atoms with Crippen LogP contribution in [0.25, 0.3) is 0 Å². The fraction of sp³-hybridized carbons (Fsp3) is 0.417. The van der Waals surface area contributed by atoms with Gasteiger partial charge in [-0.3, -0.25) is 9.59 Å². The molecule has 0 fully saturated rings. The minimum atomic E-state index is -0.630. The monoisotopic (exact) mass is 448 g/mol.